The molecule has 0 saturated carbocycles. The Morgan fingerprint density at radius 3 is 1.81 bits per heavy atom. The average Bonchev–Trinajstić information content (AvgIpc) is 3.01. The molecule has 11 heteroatoms. The van der Waals surface area contributed by atoms with E-state index in [0.717, 1.165) is 0 Å². The van der Waals surface area contributed by atoms with Crippen molar-refractivity contribution in [2.45, 2.75) is 90.6 Å². The summed E-state index contributed by atoms with van der Waals surface area (Å²) in [5, 5.41) is 17.9. The lowest BCUT2D eigenvalue weighted by molar-refractivity contribution is -0.149. The third-order valence-corrected chi connectivity index (χ3v) is 4.60. The Morgan fingerprint density at radius 2 is 1.34 bits per heavy atom. The van der Waals surface area contributed by atoms with Crippen molar-refractivity contribution in [3.05, 3.63) is 0 Å². The minimum atomic E-state index is -1.08. The number of carbonyl (C=O) groups is 4. The van der Waals surface area contributed by atoms with Crippen molar-refractivity contribution in [3.63, 3.8) is 0 Å². The van der Waals surface area contributed by atoms with Crippen LogP contribution in [0.2, 0.25) is 0 Å². The number of rotatable bonds is 2. The zero-order valence-electron chi connectivity index (χ0n) is 19.9. The van der Waals surface area contributed by atoms with Crippen LogP contribution in [0.3, 0.4) is 0 Å². The van der Waals surface area contributed by atoms with Gasteiger partial charge in [-0.3, -0.25) is 9.80 Å². The molecule has 11 nitrogen and oxygen atoms in total. The second-order valence-corrected chi connectivity index (χ2v) is 9.77. The van der Waals surface area contributed by atoms with E-state index >= 15 is 0 Å². The summed E-state index contributed by atoms with van der Waals surface area (Å²) in [6.07, 6.45) is 0.0551. The summed E-state index contributed by atoms with van der Waals surface area (Å²) < 4.78 is 15.3. The molecule has 2 aliphatic heterocycles. The van der Waals surface area contributed by atoms with Crippen molar-refractivity contribution >= 4 is 24.1 Å². The van der Waals surface area contributed by atoms with E-state index in [-0.39, 0.29) is 19.2 Å². The highest BCUT2D eigenvalue weighted by Gasteiger charge is 2.41. The van der Waals surface area contributed by atoms with Gasteiger partial charge in [0, 0.05) is 12.6 Å². The van der Waals surface area contributed by atoms with Crippen LogP contribution in [0.1, 0.15) is 61.3 Å². The maximum atomic E-state index is 11.8. The first-order valence-corrected chi connectivity index (χ1v) is 10.6. The van der Waals surface area contributed by atoms with E-state index in [9.17, 15) is 19.2 Å². The van der Waals surface area contributed by atoms with Crippen molar-refractivity contribution in [1.29, 1.82) is 0 Å². The van der Waals surface area contributed by atoms with Crippen molar-refractivity contribution in [1.82, 2.24) is 9.80 Å². The smallest absolute Gasteiger partial charge is 0.411 e. The standard InChI is InChI=1S/C11H19NO4.C10H17NO5/c1-7-5-6-8(9(13)14)12(7)10(15)16-11(2,3)4;1-10(2,3)16-9(14)11-4-5-15-6-7(11)8(12)13/h7-8H,5-6H2,1-4H3,(H,13,14);7H,4-6H2,1-3H3,(H,12,13)/t7-,8-;7-/m00/s1. The normalized spacial score (nSPS) is 23.7. The van der Waals surface area contributed by atoms with Gasteiger partial charge in [-0.25, -0.2) is 19.2 Å². The molecular formula is C21H36N2O9. The second kappa shape index (κ2) is 10.8. The van der Waals surface area contributed by atoms with Crippen LogP contribution in [0.25, 0.3) is 0 Å². The zero-order valence-corrected chi connectivity index (χ0v) is 19.9. The molecule has 0 bridgehead atoms. The maximum absolute atomic E-state index is 11.8. The van der Waals surface area contributed by atoms with Gasteiger partial charge in [-0.15, -0.1) is 0 Å². The number of carbonyl (C=O) groups excluding carboxylic acids is 2. The lowest BCUT2D eigenvalue weighted by Gasteiger charge is -2.34. The number of nitrogens with zero attached hydrogens (tertiary/aromatic N) is 2. The van der Waals surface area contributed by atoms with Gasteiger partial charge in [0.2, 0.25) is 0 Å². The summed E-state index contributed by atoms with van der Waals surface area (Å²) >= 11 is 0. The molecule has 0 aromatic heterocycles. The van der Waals surface area contributed by atoms with Gasteiger partial charge in [0.25, 0.3) is 0 Å². The molecule has 2 saturated heterocycles. The van der Waals surface area contributed by atoms with Crippen LogP contribution in [0.15, 0.2) is 0 Å². The highest BCUT2D eigenvalue weighted by Crippen LogP contribution is 2.26. The van der Waals surface area contributed by atoms with Crippen molar-refractivity contribution in [2.75, 3.05) is 19.8 Å². The average molecular weight is 461 g/mol. The van der Waals surface area contributed by atoms with Crippen LogP contribution in [-0.2, 0) is 23.8 Å². The Balaban J connectivity index is 0.000000320. The predicted octanol–water partition coefficient (Wildman–Crippen LogP) is 2.57. The van der Waals surface area contributed by atoms with Crippen LogP contribution in [0, 0.1) is 0 Å². The molecule has 0 radical (unpaired) electrons. The molecule has 2 heterocycles. The first kappa shape index (κ1) is 27.5. The lowest BCUT2D eigenvalue weighted by Crippen LogP contribution is -2.53. The Hall–Kier alpha value is -2.56. The fraction of sp³-hybridized carbons (Fsp3) is 0.810. The fourth-order valence-corrected chi connectivity index (χ4v) is 3.20. The summed E-state index contributed by atoms with van der Waals surface area (Å²) in [7, 11) is 0. The largest absolute Gasteiger partial charge is 0.480 e. The predicted molar refractivity (Wildman–Crippen MR) is 113 cm³/mol. The minimum absolute atomic E-state index is 0.00851. The second-order valence-electron chi connectivity index (χ2n) is 9.77. The third kappa shape index (κ3) is 8.52. The van der Waals surface area contributed by atoms with Gasteiger partial charge in [0.05, 0.1) is 13.2 Å². The topological polar surface area (TPSA) is 143 Å². The molecule has 2 amide bonds. The molecule has 32 heavy (non-hydrogen) atoms. The fourth-order valence-electron chi connectivity index (χ4n) is 3.20. The quantitative estimate of drug-likeness (QED) is 0.635. The van der Waals surface area contributed by atoms with Gasteiger partial charge in [0.15, 0.2) is 6.04 Å². The number of carboxylic acids is 2. The maximum Gasteiger partial charge on any atom is 0.411 e. The SMILES string of the molecule is CC(C)(C)OC(=O)N1CCOC[C@H]1C(=O)O.C[C@H]1CC[C@@H](C(=O)O)N1C(=O)OC(C)(C)C. The Kier molecular flexibility index (Phi) is 9.31. The van der Waals surface area contributed by atoms with Gasteiger partial charge < -0.3 is 24.4 Å². The van der Waals surface area contributed by atoms with Crippen molar-refractivity contribution in [3.8, 4) is 0 Å². The van der Waals surface area contributed by atoms with E-state index in [0.29, 0.717) is 19.4 Å². The summed E-state index contributed by atoms with van der Waals surface area (Å²) in [6, 6.07) is -1.77. The number of morpholine rings is 1. The number of ether oxygens (including phenoxy) is 3. The number of aliphatic carboxylic acids is 2. The summed E-state index contributed by atoms with van der Waals surface area (Å²) in [4.78, 5) is 47.9. The Morgan fingerprint density at radius 1 is 0.844 bits per heavy atom. The number of hydrogen-bond donors (Lipinski definition) is 2. The van der Waals surface area contributed by atoms with E-state index in [1.165, 1.54) is 9.80 Å². The van der Waals surface area contributed by atoms with Crippen LogP contribution in [-0.4, -0.2) is 93.2 Å². The summed E-state index contributed by atoms with van der Waals surface area (Å²) in [5.41, 5.74) is -1.22. The molecule has 2 N–H and O–H groups in total. The molecule has 184 valence electrons. The molecule has 3 atom stereocenters. The van der Waals surface area contributed by atoms with Gasteiger partial charge in [-0.05, 0) is 61.3 Å². The van der Waals surface area contributed by atoms with Crippen molar-refractivity contribution in [2.24, 2.45) is 0 Å². The number of hydrogen-bond acceptors (Lipinski definition) is 7. The van der Waals surface area contributed by atoms with E-state index in [2.05, 4.69) is 0 Å². The van der Waals surface area contributed by atoms with Gasteiger partial charge >= 0.3 is 24.1 Å². The number of likely N-dealkylation sites (tertiary alicyclic amines) is 1. The summed E-state index contributed by atoms with van der Waals surface area (Å²) in [6.45, 7) is 12.9. The molecule has 0 aromatic rings. The lowest BCUT2D eigenvalue weighted by atomic mass is 10.2. The molecule has 2 fully saturated rings. The molecular weight excluding hydrogens is 424 g/mol. The van der Waals surface area contributed by atoms with E-state index in [4.69, 9.17) is 24.4 Å². The summed E-state index contributed by atoms with van der Waals surface area (Å²) in [5.74, 6) is -2.04. The third-order valence-electron chi connectivity index (χ3n) is 4.60. The Bertz CT molecular complexity index is 682. The Labute approximate surface area is 188 Å². The minimum Gasteiger partial charge on any atom is -0.480 e. The first-order valence-electron chi connectivity index (χ1n) is 10.6. The highest BCUT2D eigenvalue weighted by molar-refractivity contribution is 5.81. The van der Waals surface area contributed by atoms with Crippen molar-refractivity contribution < 1.29 is 43.6 Å². The molecule has 0 aromatic carbocycles. The highest BCUT2D eigenvalue weighted by atomic mass is 16.6. The van der Waals surface area contributed by atoms with E-state index < -0.39 is 47.4 Å². The molecule has 0 unspecified atom stereocenters. The molecule has 0 aliphatic carbocycles. The number of amides is 2. The van der Waals surface area contributed by atoms with E-state index in [1.807, 2.05) is 6.92 Å². The van der Waals surface area contributed by atoms with Crippen LogP contribution in [0.5, 0.6) is 0 Å². The van der Waals surface area contributed by atoms with Crippen LogP contribution in [0.4, 0.5) is 9.59 Å². The van der Waals surface area contributed by atoms with Crippen LogP contribution >= 0.6 is 0 Å². The molecule has 2 rings (SSSR count). The number of carboxylic acid groups (broad SMARTS) is 2. The van der Waals surface area contributed by atoms with Crippen LogP contribution < -0.4 is 0 Å². The monoisotopic (exact) mass is 460 g/mol. The van der Waals surface area contributed by atoms with Gasteiger partial charge in [-0.2, -0.15) is 0 Å². The van der Waals surface area contributed by atoms with E-state index in [1.54, 1.807) is 41.5 Å². The first-order chi connectivity index (χ1) is 14.5. The molecule has 0 spiro atoms. The molecule has 2 aliphatic rings. The zero-order chi connectivity index (χ0) is 24.9. The van der Waals surface area contributed by atoms with Gasteiger partial charge in [-0.1, -0.05) is 0 Å². The van der Waals surface area contributed by atoms with Gasteiger partial charge in [0.1, 0.15) is 17.2 Å².